The van der Waals surface area contributed by atoms with E-state index >= 15 is 0 Å². The SMILES string of the molecule is Cc1cc(C)cc(O[C@@H](C)C(=O)N[C@H](Cc2c[nH]c3ccccc23)c2cc(=O)[nH]c(C)n2)c1. The van der Waals surface area contributed by atoms with E-state index in [1.807, 2.05) is 56.4 Å². The van der Waals surface area contributed by atoms with E-state index in [-0.39, 0.29) is 11.5 Å². The molecule has 3 N–H and O–H groups in total. The second-order valence-corrected chi connectivity index (χ2v) is 8.46. The number of H-pyrrole nitrogens is 2. The number of aryl methyl sites for hydroxylation is 3. The van der Waals surface area contributed by atoms with Crippen LogP contribution in [0.3, 0.4) is 0 Å². The molecule has 0 spiro atoms. The summed E-state index contributed by atoms with van der Waals surface area (Å²) in [6.07, 6.45) is 1.68. The number of rotatable bonds is 7. The number of benzene rings is 2. The number of fused-ring (bicyclic) bond motifs is 1. The molecule has 0 unspecified atom stereocenters. The number of para-hydroxylation sites is 1. The number of nitrogens with zero attached hydrogens (tertiary/aromatic N) is 1. The minimum Gasteiger partial charge on any atom is -0.481 e. The van der Waals surface area contributed by atoms with Gasteiger partial charge in [-0.15, -0.1) is 0 Å². The van der Waals surface area contributed by atoms with Crippen LogP contribution in [-0.2, 0) is 11.2 Å². The lowest BCUT2D eigenvalue weighted by Gasteiger charge is -2.22. The highest BCUT2D eigenvalue weighted by atomic mass is 16.5. The van der Waals surface area contributed by atoms with Crippen molar-refractivity contribution < 1.29 is 9.53 Å². The van der Waals surface area contributed by atoms with Crippen molar-refractivity contribution in [3.8, 4) is 5.75 Å². The Balaban J connectivity index is 1.60. The van der Waals surface area contributed by atoms with Gasteiger partial charge in [0, 0.05) is 29.6 Å². The Bertz CT molecular complexity index is 1330. The van der Waals surface area contributed by atoms with Crippen LogP contribution in [0.5, 0.6) is 5.75 Å². The van der Waals surface area contributed by atoms with Gasteiger partial charge in [0.25, 0.3) is 11.5 Å². The molecular weight excluding hydrogens is 416 g/mol. The third kappa shape index (κ3) is 5.31. The van der Waals surface area contributed by atoms with Crippen LogP contribution in [0.2, 0.25) is 0 Å². The fourth-order valence-electron chi connectivity index (χ4n) is 4.08. The van der Waals surface area contributed by atoms with E-state index in [9.17, 15) is 9.59 Å². The number of amides is 1. The maximum absolute atomic E-state index is 13.1. The van der Waals surface area contributed by atoms with Gasteiger partial charge in [-0.25, -0.2) is 4.98 Å². The average molecular weight is 445 g/mol. The fraction of sp³-hybridized carbons (Fsp3) is 0.269. The van der Waals surface area contributed by atoms with Crippen molar-refractivity contribution in [3.63, 3.8) is 0 Å². The topological polar surface area (TPSA) is 99.9 Å². The fourth-order valence-corrected chi connectivity index (χ4v) is 4.08. The highest BCUT2D eigenvalue weighted by Gasteiger charge is 2.23. The number of ether oxygens (including phenoxy) is 1. The molecule has 2 aromatic heterocycles. The molecule has 7 heteroatoms. The van der Waals surface area contributed by atoms with Crippen LogP contribution < -0.4 is 15.6 Å². The molecule has 1 amide bonds. The molecule has 0 aliphatic carbocycles. The Labute approximate surface area is 192 Å². The third-order valence-corrected chi connectivity index (χ3v) is 5.53. The van der Waals surface area contributed by atoms with Gasteiger partial charge >= 0.3 is 0 Å². The Morgan fingerprint density at radius 3 is 2.55 bits per heavy atom. The molecular formula is C26H28N4O3. The monoisotopic (exact) mass is 444 g/mol. The Morgan fingerprint density at radius 1 is 1.09 bits per heavy atom. The van der Waals surface area contributed by atoms with Gasteiger partial charge in [0.1, 0.15) is 11.6 Å². The number of aromatic amines is 2. The highest BCUT2D eigenvalue weighted by molar-refractivity contribution is 5.84. The summed E-state index contributed by atoms with van der Waals surface area (Å²) in [5, 5.41) is 4.11. The van der Waals surface area contributed by atoms with Crippen molar-refractivity contribution in [1.29, 1.82) is 0 Å². The van der Waals surface area contributed by atoms with E-state index in [4.69, 9.17) is 4.74 Å². The van der Waals surface area contributed by atoms with Crippen LogP contribution >= 0.6 is 0 Å². The first-order valence-electron chi connectivity index (χ1n) is 11.0. The predicted octanol–water partition coefficient (Wildman–Crippen LogP) is 4.04. The summed E-state index contributed by atoms with van der Waals surface area (Å²) >= 11 is 0. The number of aromatic nitrogens is 3. The summed E-state index contributed by atoms with van der Waals surface area (Å²) in [5.41, 5.74) is 4.43. The molecule has 0 saturated carbocycles. The van der Waals surface area contributed by atoms with E-state index in [0.29, 0.717) is 23.7 Å². The lowest BCUT2D eigenvalue weighted by Crippen LogP contribution is -2.40. The van der Waals surface area contributed by atoms with Gasteiger partial charge in [-0.1, -0.05) is 24.3 Å². The highest BCUT2D eigenvalue weighted by Crippen LogP contribution is 2.24. The smallest absolute Gasteiger partial charge is 0.261 e. The molecule has 170 valence electrons. The standard InChI is InChI=1S/C26H28N4O3/c1-15-9-16(2)11-20(10-15)33-17(3)26(32)30-23(24-13-25(31)29-18(4)28-24)12-19-14-27-22-8-6-5-7-21(19)22/h5-11,13-14,17,23,27H,12H2,1-4H3,(H,30,32)(H,28,29,31)/t17-,23+/m0/s1. The first-order chi connectivity index (χ1) is 15.8. The van der Waals surface area contributed by atoms with Crippen LogP contribution in [0.25, 0.3) is 10.9 Å². The molecule has 4 aromatic rings. The molecule has 4 rings (SSSR count). The minimum atomic E-state index is -0.722. The van der Waals surface area contributed by atoms with Crippen LogP contribution in [0.1, 0.15) is 41.2 Å². The van der Waals surface area contributed by atoms with E-state index in [1.54, 1.807) is 13.8 Å². The quantitative estimate of drug-likeness (QED) is 0.400. The molecule has 2 atom stereocenters. The Kier molecular flexibility index (Phi) is 6.31. The van der Waals surface area contributed by atoms with Crippen LogP contribution in [0.4, 0.5) is 0 Å². The summed E-state index contributed by atoms with van der Waals surface area (Å²) in [5.74, 6) is 0.863. The Hall–Kier alpha value is -3.87. The van der Waals surface area contributed by atoms with E-state index in [0.717, 1.165) is 27.6 Å². The van der Waals surface area contributed by atoms with Gasteiger partial charge in [0.05, 0.1) is 11.7 Å². The zero-order valence-electron chi connectivity index (χ0n) is 19.2. The molecule has 0 saturated heterocycles. The number of hydrogen-bond donors (Lipinski definition) is 3. The van der Waals surface area contributed by atoms with Gasteiger partial charge in [-0.2, -0.15) is 0 Å². The molecule has 33 heavy (non-hydrogen) atoms. The molecule has 0 bridgehead atoms. The van der Waals surface area contributed by atoms with Crippen LogP contribution in [0, 0.1) is 20.8 Å². The summed E-state index contributed by atoms with van der Waals surface area (Å²) in [6, 6.07) is 14.8. The largest absolute Gasteiger partial charge is 0.481 e. The lowest BCUT2D eigenvalue weighted by atomic mass is 10.0. The van der Waals surface area contributed by atoms with Crippen molar-refractivity contribution in [2.45, 2.75) is 46.3 Å². The lowest BCUT2D eigenvalue weighted by molar-refractivity contribution is -0.128. The van der Waals surface area contributed by atoms with E-state index < -0.39 is 12.1 Å². The van der Waals surface area contributed by atoms with Crippen molar-refractivity contribution in [1.82, 2.24) is 20.3 Å². The number of carbonyl (C=O) groups is 1. The molecule has 2 heterocycles. The zero-order chi connectivity index (χ0) is 23.5. The minimum absolute atomic E-state index is 0.254. The Morgan fingerprint density at radius 2 is 1.82 bits per heavy atom. The maximum atomic E-state index is 13.1. The maximum Gasteiger partial charge on any atom is 0.261 e. The normalized spacial score (nSPS) is 13.0. The summed E-state index contributed by atoms with van der Waals surface area (Å²) in [4.78, 5) is 35.6. The molecule has 2 aromatic carbocycles. The average Bonchev–Trinajstić information content (AvgIpc) is 3.14. The van der Waals surface area contributed by atoms with Gasteiger partial charge in [-0.05, 0) is 62.6 Å². The van der Waals surface area contributed by atoms with E-state index in [1.165, 1.54) is 6.07 Å². The number of carbonyl (C=O) groups excluding carboxylic acids is 1. The van der Waals surface area contributed by atoms with Gasteiger partial charge in [-0.3, -0.25) is 9.59 Å². The van der Waals surface area contributed by atoms with Crippen LogP contribution in [0.15, 0.2) is 59.5 Å². The summed E-state index contributed by atoms with van der Waals surface area (Å²) in [7, 11) is 0. The molecule has 0 radical (unpaired) electrons. The third-order valence-electron chi connectivity index (χ3n) is 5.53. The zero-order valence-corrected chi connectivity index (χ0v) is 19.2. The van der Waals surface area contributed by atoms with Crippen molar-refractivity contribution in [3.05, 3.63) is 93.3 Å². The molecule has 0 aliphatic rings. The predicted molar refractivity (Wildman–Crippen MR) is 128 cm³/mol. The number of hydrogen-bond acceptors (Lipinski definition) is 4. The first kappa shape index (κ1) is 22.3. The number of nitrogens with one attached hydrogen (secondary N) is 3. The second-order valence-electron chi connectivity index (χ2n) is 8.46. The van der Waals surface area contributed by atoms with Crippen molar-refractivity contribution in [2.24, 2.45) is 0 Å². The van der Waals surface area contributed by atoms with Crippen LogP contribution in [-0.4, -0.2) is 27.0 Å². The summed E-state index contributed by atoms with van der Waals surface area (Å²) < 4.78 is 5.92. The molecule has 0 aliphatic heterocycles. The summed E-state index contributed by atoms with van der Waals surface area (Å²) in [6.45, 7) is 7.42. The van der Waals surface area contributed by atoms with Crippen molar-refractivity contribution >= 4 is 16.8 Å². The van der Waals surface area contributed by atoms with E-state index in [2.05, 4.69) is 26.3 Å². The molecule has 7 nitrogen and oxygen atoms in total. The molecule has 0 fully saturated rings. The van der Waals surface area contributed by atoms with Gasteiger partial charge in [0.15, 0.2) is 6.10 Å². The van der Waals surface area contributed by atoms with Crippen molar-refractivity contribution in [2.75, 3.05) is 0 Å². The van der Waals surface area contributed by atoms with Gasteiger partial charge in [0.2, 0.25) is 0 Å². The first-order valence-corrected chi connectivity index (χ1v) is 11.0. The van der Waals surface area contributed by atoms with Gasteiger partial charge < -0.3 is 20.0 Å². The second kappa shape index (κ2) is 9.32.